The summed E-state index contributed by atoms with van der Waals surface area (Å²) in [6.45, 7) is 0.746. The third kappa shape index (κ3) is 2.85. The van der Waals surface area contributed by atoms with E-state index in [4.69, 9.17) is 4.74 Å². The number of hydrogen-bond donors (Lipinski definition) is 0. The molecule has 0 aliphatic carbocycles. The molecule has 1 aromatic rings. The Kier molecular flexibility index (Phi) is 4.26. The summed E-state index contributed by atoms with van der Waals surface area (Å²) < 4.78 is 30.7. The lowest BCUT2D eigenvalue weighted by Crippen LogP contribution is -2.34. The first-order valence-corrected chi connectivity index (χ1v) is 7.51. The Balaban J connectivity index is 2.18. The second-order valence-corrected chi connectivity index (χ2v) is 6.23. The van der Waals surface area contributed by atoms with Crippen LogP contribution in [0.15, 0.2) is 18.5 Å². The van der Waals surface area contributed by atoms with E-state index in [1.165, 1.54) is 11.4 Å². The molecule has 1 fully saturated rings. The Morgan fingerprint density at radius 2 is 2.17 bits per heavy atom. The van der Waals surface area contributed by atoms with Gasteiger partial charge in [-0.3, -0.25) is 0 Å². The summed E-state index contributed by atoms with van der Waals surface area (Å²) in [5.74, 6) is 0.586. The Labute approximate surface area is 107 Å². The molecular formula is C11H17N3O3S. The summed E-state index contributed by atoms with van der Waals surface area (Å²) in [6.07, 6.45) is 4.90. The van der Waals surface area contributed by atoms with Gasteiger partial charge in [0.1, 0.15) is 5.82 Å². The summed E-state index contributed by atoms with van der Waals surface area (Å²) in [7, 11) is -1.79. The van der Waals surface area contributed by atoms with E-state index in [2.05, 4.69) is 9.97 Å². The van der Waals surface area contributed by atoms with Crippen LogP contribution < -0.4 is 0 Å². The van der Waals surface area contributed by atoms with Crippen LogP contribution in [0.1, 0.15) is 24.7 Å². The summed E-state index contributed by atoms with van der Waals surface area (Å²) in [6, 6.07) is 1.50. The van der Waals surface area contributed by atoms with Crippen LogP contribution in [0.25, 0.3) is 0 Å². The quantitative estimate of drug-likeness (QED) is 0.783. The van der Waals surface area contributed by atoms with Gasteiger partial charge in [0.05, 0.1) is 18.4 Å². The molecule has 7 heteroatoms. The summed E-state index contributed by atoms with van der Waals surface area (Å²) in [4.78, 5) is 8.31. The van der Waals surface area contributed by atoms with Gasteiger partial charge in [-0.2, -0.15) is 4.31 Å². The number of sulfonamides is 1. The Morgan fingerprint density at radius 1 is 1.44 bits per heavy atom. The molecule has 0 amide bonds. The fourth-order valence-corrected chi connectivity index (χ4v) is 3.73. The molecule has 1 saturated heterocycles. The van der Waals surface area contributed by atoms with E-state index in [0.29, 0.717) is 12.4 Å². The van der Waals surface area contributed by atoms with Crippen LogP contribution in [-0.4, -0.2) is 48.7 Å². The van der Waals surface area contributed by atoms with Crippen LogP contribution in [0.3, 0.4) is 0 Å². The van der Waals surface area contributed by atoms with Gasteiger partial charge in [0.2, 0.25) is 10.0 Å². The van der Waals surface area contributed by atoms with E-state index >= 15 is 0 Å². The van der Waals surface area contributed by atoms with Crippen molar-refractivity contribution < 1.29 is 13.2 Å². The minimum Gasteiger partial charge on any atom is -0.384 e. The average Bonchev–Trinajstić information content (AvgIpc) is 2.87. The maximum atomic E-state index is 12.2. The molecule has 1 atom stereocenters. The van der Waals surface area contributed by atoms with Crippen LogP contribution >= 0.6 is 0 Å². The van der Waals surface area contributed by atoms with Crippen LogP contribution in [0, 0.1) is 0 Å². The van der Waals surface area contributed by atoms with Crippen molar-refractivity contribution in [2.24, 2.45) is 0 Å². The van der Waals surface area contributed by atoms with Crippen LogP contribution in [-0.2, 0) is 14.8 Å². The van der Waals surface area contributed by atoms with Crippen molar-refractivity contribution in [1.82, 2.24) is 14.3 Å². The highest BCUT2D eigenvalue weighted by molar-refractivity contribution is 7.89. The lowest BCUT2D eigenvalue weighted by Gasteiger charge is -2.22. The van der Waals surface area contributed by atoms with E-state index in [1.54, 1.807) is 18.5 Å². The first-order chi connectivity index (χ1) is 8.65. The molecule has 1 aliphatic heterocycles. The summed E-state index contributed by atoms with van der Waals surface area (Å²) in [5.41, 5.74) is 0. The van der Waals surface area contributed by atoms with Gasteiger partial charge >= 0.3 is 0 Å². The van der Waals surface area contributed by atoms with E-state index in [1.807, 2.05) is 0 Å². The van der Waals surface area contributed by atoms with E-state index in [0.717, 1.165) is 12.8 Å². The molecular weight excluding hydrogens is 254 g/mol. The van der Waals surface area contributed by atoms with Crippen molar-refractivity contribution in [1.29, 1.82) is 0 Å². The van der Waals surface area contributed by atoms with Crippen molar-refractivity contribution in [2.45, 2.75) is 18.9 Å². The van der Waals surface area contributed by atoms with Gasteiger partial charge in [-0.15, -0.1) is 0 Å². The van der Waals surface area contributed by atoms with Crippen LogP contribution in [0.5, 0.6) is 0 Å². The first-order valence-electron chi connectivity index (χ1n) is 5.90. The zero-order valence-corrected chi connectivity index (χ0v) is 11.1. The van der Waals surface area contributed by atoms with E-state index in [-0.39, 0.29) is 18.4 Å². The molecule has 0 aromatic carbocycles. The second kappa shape index (κ2) is 5.73. The molecule has 6 nitrogen and oxygen atoms in total. The average molecular weight is 271 g/mol. The minimum atomic E-state index is -3.29. The highest BCUT2D eigenvalue weighted by Crippen LogP contribution is 2.32. The molecule has 0 spiro atoms. The Hall–Kier alpha value is -1.05. The largest absolute Gasteiger partial charge is 0.384 e. The van der Waals surface area contributed by atoms with Crippen molar-refractivity contribution in [2.75, 3.05) is 26.0 Å². The topological polar surface area (TPSA) is 72.4 Å². The van der Waals surface area contributed by atoms with Gasteiger partial charge in [0.15, 0.2) is 0 Å². The number of nitrogens with zero attached hydrogens (tertiary/aromatic N) is 3. The number of hydrogen-bond acceptors (Lipinski definition) is 5. The van der Waals surface area contributed by atoms with E-state index < -0.39 is 10.0 Å². The Morgan fingerprint density at radius 3 is 2.83 bits per heavy atom. The number of methoxy groups -OCH3 is 1. The van der Waals surface area contributed by atoms with Crippen LogP contribution in [0.2, 0.25) is 0 Å². The smallest absolute Gasteiger partial charge is 0.217 e. The molecule has 0 saturated carbocycles. The zero-order chi connectivity index (χ0) is 13.0. The molecule has 1 unspecified atom stereocenters. The normalized spacial score (nSPS) is 21.3. The molecule has 0 radical (unpaired) electrons. The molecule has 0 bridgehead atoms. The molecule has 18 heavy (non-hydrogen) atoms. The van der Waals surface area contributed by atoms with Crippen molar-refractivity contribution >= 4 is 10.0 Å². The van der Waals surface area contributed by atoms with Crippen molar-refractivity contribution in [3.05, 3.63) is 24.3 Å². The molecule has 0 N–H and O–H groups in total. The first kappa shape index (κ1) is 13.4. The maximum Gasteiger partial charge on any atom is 0.217 e. The summed E-state index contributed by atoms with van der Waals surface area (Å²) in [5, 5.41) is 0. The van der Waals surface area contributed by atoms with Gasteiger partial charge in [-0.1, -0.05) is 0 Å². The number of rotatable bonds is 5. The number of ether oxygens (including phenoxy) is 1. The molecule has 2 rings (SSSR count). The highest BCUT2D eigenvalue weighted by Gasteiger charge is 2.36. The van der Waals surface area contributed by atoms with Crippen LogP contribution in [0.4, 0.5) is 0 Å². The maximum absolute atomic E-state index is 12.2. The van der Waals surface area contributed by atoms with E-state index in [9.17, 15) is 8.42 Å². The molecule has 100 valence electrons. The minimum absolute atomic E-state index is 0.00678. The highest BCUT2D eigenvalue weighted by atomic mass is 32.2. The fourth-order valence-electron chi connectivity index (χ4n) is 2.12. The zero-order valence-electron chi connectivity index (χ0n) is 10.3. The van der Waals surface area contributed by atoms with Gasteiger partial charge in [0.25, 0.3) is 0 Å². The van der Waals surface area contributed by atoms with Gasteiger partial charge in [-0.25, -0.2) is 18.4 Å². The molecule has 1 aliphatic rings. The third-order valence-corrected chi connectivity index (χ3v) is 4.82. The Bertz CT molecular complexity index is 478. The molecule has 1 aromatic heterocycles. The standard InChI is InChI=1S/C11H17N3O3S/c1-17-8-9-18(15,16)14-7-2-4-10(14)11-12-5-3-6-13-11/h3,5-6,10H,2,4,7-9H2,1H3. The predicted octanol–water partition coefficient (Wildman–Crippen LogP) is 0.590. The SMILES string of the molecule is COCCS(=O)(=O)N1CCCC1c1ncccn1. The van der Waals surface area contributed by atoms with Gasteiger partial charge in [0, 0.05) is 26.0 Å². The second-order valence-electron chi connectivity index (χ2n) is 4.18. The fraction of sp³-hybridized carbons (Fsp3) is 0.636. The van der Waals surface area contributed by atoms with Crippen molar-refractivity contribution in [3.8, 4) is 0 Å². The van der Waals surface area contributed by atoms with Gasteiger partial charge in [-0.05, 0) is 18.9 Å². The lowest BCUT2D eigenvalue weighted by molar-refractivity contribution is 0.215. The third-order valence-electron chi connectivity index (χ3n) is 2.99. The molecule has 2 heterocycles. The predicted molar refractivity (Wildman–Crippen MR) is 66.4 cm³/mol. The number of aromatic nitrogens is 2. The summed E-state index contributed by atoms with van der Waals surface area (Å²) >= 11 is 0. The monoisotopic (exact) mass is 271 g/mol. The lowest BCUT2D eigenvalue weighted by atomic mass is 10.2. The van der Waals surface area contributed by atoms with Crippen molar-refractivity contribution in [3.63, 3.8) is 0 Å². The van der Waals surface area contributed by atoms with Gasteiger partial charge < -0.3 is 4.74 Å².